The molecule has 1 aromatic heterocycles. The molecule has 0 aliphatic rings. The van der Waals surface area contributed by atoms with E-state index >= 15 is 0 Å². The smallest absolute Gasteiger partial charge is 0.281 e. The minimum atomic E-state index is -2.70. The number of hydrogen-bond acceptors (Lipinski definition) is 2. The fourth-order valence-corrected chi connectivity index (χ4v) is 1.52. The van der Waals surface area contributed by atoms with Gasteiger partial charge in [0.25, 0.3) is 6.43 Å². The molecule has 0 aliphatic carbocycles. The molecule has 72 valence electrons. The molecule has 1 heterocycles. The van der Waals surface area contributed by atoms with E-state index in [2.05, 4.69) is 20.9 Å². The van der Waals surface area contributed by atoms with E-state index in [1.165, 1.54) is 6.07 Å². The third kappa shape index (κ3) is 2.28. The van der Waals surface area contributed by atoms with Crippen molar-refractivity contribution in [2.45, 2.75) is 11.8 Å². The van der Waals surface area contributed by atoms with Gasteiger partial charge in [-0.25, -0.2) is 13.8 Å². The zero-order valence-corrected chi connectivity index (χ0v) is 8.74. The molecule has 0 saturated heterocycles. The Hall–Kier alpha value is -0.420. The maximum Gasteiger partial charge on any atom is 0.281 e. The average Bonchev–Trinajstić information content (AvgIpc) is 2.07. The van der Waals surface area contributed by atoms with Gasteiger partial charge in [-0.15, -0.1) is 0 Å². The van der Waals surface area contributed by atoms with Crippen LogP contribution < -0.4 is 5.73 Å². The predicted octanol–water partition coefficient (Wildman–Crippen LogP) is 3.15. The van der Waals surface area contributed by atoms with Gasteiger partial charge >= 0.3 is 0 Å². The number of aromatic nitrogens is 1. The van der Waals surface area contributed by atoms with E-state index in [0.717, 1.165) is 0 Å². The second-order valence-electron chi connectivity index (χ2n) is 2.33. The lowest BCUT2D eigenvalue weighted by Crippen LogP contribution is -2.01. The Bertz CT molecular complexity index is 320. The van der Waals surface area contributed by atoms with Crippen molar-refractivity contribution >= 4 is 33.3 Å². The van der Waals surface area contributed by atoms with Gasteiger partial charge in [0.05, 0.1) is 5.02 Å². The highest BCUT2D eigenvalue weighted by atomic mass is 79.9. The van der Waals surface area contributed by atoms with Crippen LogP contribution >= 0.6 is 27.5 Å². The quantitative estimate of drug-likeness (QED) is 0.839. The molecule has 0 unspecified atom stereocenters. The molecular formula is C7H6BrClF2N2. The summed E-state index contributed by atoms with van der Waals surface area (Å²) in [5.41, 5.74) is 5.54. The van der Waals surface area contributed by atoms with E-state index in [1.807, 2.05) is 0 Å². The van der Waals surface area contributed by atoms with Gasteiger partial charge in [0.2, 0.25) is 0 Å². The van der Waals surface area contributed by atoms with E-state index in [1.54, 1.807) is 0 Å². The first-order valence-corrected chi connectivity index (χ1v) is 4.85. The first-order chi connectivity index (χ1) is 6.06. The molecule has 0 saturated carbocycles. The molecule has 0 radical (unpaired) electrons. The molecule has 2 N–H and O–H groups in total. The van der Waals surface area contributed by atoms with Gasteiger partial charge in [0.15, 0.2) is 0 Å². The highest BCUT2D eigenvalue weighted by Gasteiger charge is 2.15. The Morgan fingerprint density at radius 3 is 2.69 bits per heavy atom. The van der Waals surface area contributed by atoms with Crippen LogP contribution in [0.2, 0.25) is 5.02 Å². The Morgan fingerprint density at radius 1 is 1.62 bits per heavy atom. The summed E-state index contributed by atoms with van der Waals surface area (Å²) in [4.78, 5) is 3.51. The van der Waals surface area contributed by atoms with Gasteiger partial charge in [-0.2, -0.15) is 0 Å². The monoisotopic (exact) mass is 270 g/mol. The molecule has 0 fully saturated rings. The van der Waals surface area contributed by atoms with Crippen molar-refractivity contribution in [2.75, 3.05) is 5.73 Å². The molecule has 0 aliphatic heterocycles. The van der Waals surface area contributed by atoms with Gasteiger partial charge in [0.1, 0.15) is 11.5 Å². The van der Waals surface area contributed by atoms with Crippen LogP contribution in [0.1, 0.15) is 17.7 Å². The number of pyridine rings is 1. The minimum Gasteiger partial charge on any atom is -0.383 e. The summed E-state index contributed by atoms with van der Waals surface area (Å²) < 4.78 is 24.5. The molecule has 2 nitrogen and oxygen atoms in total. The van der Waals surface area contributed by atoms with Crippen LogP contribution in [0, 0.1) is 0 Å². The molecule has 0 amide bonds. The number of nitrogens with two attached hydrogens (primary N) is 1. The normalized spacial score (nSPS) is 10.8. The Kier molecular flexibility index (Phi) is 3.44. The summed E-state index contributed by atoms with van der Waals surface area (Å²) >= 11 is 8.69. The maximum absolute atomic E-state index is 12.2. The predicted molar refractivity (Wildman–Crippen MR) is 51.2 cm³/mol. The van der Waals surface area contributed by atoms with Crippen LogP contribution in [0.15, 0.2) is 6.07 Å². The molecule has 6 heteroatoms. The number of nitrogens with zero attached hydrogens (tertiary/aromatic N) is 1. The zero-order valence-electron chi connectivity index (χ0n) is 6.40. The third-order valence-corrected chi connectivity index (χ3v) is 2.37. The summed E-state index contributed by atoms with van der Waals surface area (Å²) in [6.07, 6.45) is -2.70. The summed E-state index contributed by atoms with van der Waals surface area (Å²) in [7, 11) is 0. The van der Waals surface area contributed by atoms with E-state index in [0.29, 0.717) is 10.9 Å². The summed E-state index contributed by atoms with van der Waals surface area (Å²) in [5, 5.41) is 0.383. The number of halogens is 4. The maximum atomic E-state index is 12.2. The van der Waals surface area contributed by atoms with Crippen molar-refractivity contribution in [3.8, 4) is 0 Å². The van der Waals surface area contributed by atoms with Crippen LogP contribution in [0.25, 0.3) is 0 Å². The number of anilines is 1. The molecule has 1 rings (SSSR count). The highest BCUT2D eigenvalue weighted by Crippen LogP contribution is 2.28. The standard InChI is InChI=1S/C7H6BrClF2N2/c8-2-3-1-4(9)5(6(10)11)13-7(3)12/h1,6H,2H2,(H2,12,13). The summed E-state index contributed by atoms with van der Waals surface area (Å²) in [6, 6.07) is 1.39. The van der Waals surface area contributed by atoms with Crippen molar-refractivity contribution in [1.29, 1.82) is 0 Å². The first kappa shape index (κ1) is 10.7. The molecular weight excluding hydrogens is 265 g/mol. The molecule has 0 aromatic carbocycles. The Balaban J connectivity index is 3.20. The van der Waals surface area contributed by atoms with Gasteiger partial charge in [-0.1, -0.05) is 27.5 Å². The number of nitrogen functional groups attached to an aromatic ring is 1. The fourth-order valence-electron chi connectivity index (χ4n) is 0.816. The van der Waals surface area contributed by atoms with Crippen molar-refractivity contribution in [1.82, 2.24) is 4.98 Å². The van der Waals surface area contributed by atoms with Gasteiger partial charge in [-0.05, 0) is 6.07 Å². The minimum absolute atomic E-state index is 0.0568. The van der Waals surface area contributed by atoms with Gasteiger partial charge < -0.3 is 5.73 Å². The lowest BCUT2D eigenvalue weighted by atomic mass is 10.2. The highest BCUT2D eigenvalue weighted by molar-refractivity contribution is 9.08. The summed E-state index contributed by atoms with van der Waals surface area (Å²) in [5.74, 6) is 0.0802. The van der Waals surface area contributed by atoms with Gasteiger partial charge in [-0.3, -0.25) is 0 Å². The van der Waals surface area contributed by atoms with Gasteiger partial charge in [0, 0.05) is 10.9 Å². The van der Waals surface area contributed by atoms with E-state index < -0.39 is 12.1 Å². The Labute approximate surface area is 87.2 Å². The van der Waals surface area contributed by atoms with Crippen LogP contribution in [0.3, 0.4) is 0 Å². The summed E-state index contributed by atoms with van der Waals surface area (Å²) in [6.45, 7) is 0. The largest absolute Gasteiger partial charge is 0.383 e. The molecule has 0 spiro atoms. The number of hydrogen-bond donors (Lipinski definition) is 1. The van der Waals surface area contributed by atoms with E-state index in [4.69, 9.17) is 17.3 Å². The lowest BCUT2D eigenvalue weighted by molar-refractivity contribution is 0.146. The third-order valence-electron chi connectivity index (χ3n) is 1.47. The first-order valence-electron chi connectivity index (χ1n) is 3.35. The Morgan fingerprint density at radius 2 is 2.23 bits per heavy atom. The van der Waals surface area contributed by atoms with E-state index in [-0.39, 0.29) is 10.8 Å². The molecule has 0 atom stereocenters. The number of alkyl halides is 3. The molecule has 1 aromatic rings. The average molecular weight is 271 g/mol. The molecule has 13 heavy (non-hydrogen) atoms. The fraction of sp³-hybridized carbons (Fsp3) is 0.286. The molecule has 0 bridgehead atoms. The van der Waals surface area contributed by atoms with Crippen LogP contribution in [-0.4, -0.2) is 4.98 Å². The van der Waals surface area contributed by atoms with Crippen LogP contribution in [-0.2, 0) is 5.33 Å². The van der Waals surface area contributed by atoms with Crippen molar-refractivity contribution < 1.29 is 8.78 Å². The van der Waals surface area contributed by atoms with Crippen LogP contribution in [0.5, 0.6) is 0 Å². The zero-order chi connectivity index (χ0) is 10.0. The number of rotatable bonds is 2. The topological polar surface area (TPSA) is 38.9 Å². The van der Waals surface area contributed by atoms with E-state index in [9.17, 15) is 8.78 Å². The second-order valence-corrected chi connectivity index (χ2v) is 3.30. The van der Waals surface area contributed by atoms with Crippen LogP contribution in [0.4, 0.5) is 14.6 Å². The SMILES string of the molecule is Nc1nc(C(F)F)c(Cl)cc1CBr. The van der Waals surface area contributed by atoms with Crippen molar-refractivity contribution in [2.24, 2.45) is 0 Å². The van der Waals surface area contributed by atoms with Crippen molar-refractivity contribution in [3.63, 3.8) is 0 Å². The second kappa shape index (κ2) is 4.19. The van der Waals surface area contributed by atoms with Crippen molar-refractivity contribution in [3.05, 3.63) is 22.3 Å². The lowest BCUT2D eigenvalue weighted by Gasteiger charge is -2.06.